The normalized spacial score (nSPS) is 10.9. The van der Waals surface area contributed by atoms with E-state index in [2.05, 4.69) is 24.1 Å². The van der Waals surface area contributed by atoms with Gasteiger partial charge in [0, 0.05) is 18.9 Å². The first-order valence-electron chi connectivity index (χ1n) is 8.12. The van der Waals surface area contributed by atoms with E-state index in [1.165, 1.54) is 23.0 Å². The highest BCUT2D eigenvalue weighted by Crippen LogP contribution is 2.14. The summed E-state index contributed by atoms with van der Waals surface area (Å²) in [5.74, 6) is 0.126. The van der Waals surface area contributed by atoms with Crippen molar-refractivity contribution >= 4 is 17.7 Å². The molecule has 1 aromatic heterocycles. The van der Waals surface area contributed by atoms with E-state index in [1.807, 2.05) is 0 Å². The average Bonchev–Trinajstić information content (AvgIpc) is 2.56. The topological polar surface area (TPSA) is 64.0 Å². The lowest BCUT2D eigenvalue weighted by Crippen LogP contribution is -2.28. The Hall–Kier alpha value is -2.15. The van der Waals surface area contributed by atoms with Crippen molar-refractivity contribution in [1.29, 1.82) is 0 Å². The van der Waals surface area contributed by atoms with Crippen LogP contribution in [0.2, 0.25) is 0 Å². The second-order valence-electron chi connectivity index (χ2n) is 6.16. The molecule has 25 heavy (non-hydrogen) atoms. The van der Waals surface area contributed by atoms with Crippen LogP contribution < -0.4 is 10.9 Å². The van der Waals surface area contributed by atoms with E-state index in [0.29, 0.717) is 23.7 Å². The maximum absolute atomic E-state index is 13.7. The van der Waals surface area contributed by atoms with Crippen molar-refractivity contribution in [3.05, 3.63) is 52.3 Å². The summed E-state index contributed by atoms with van der Waals surface area (Å²) in [5, 5.41) is 3.03. The van der Waals surface area contributed by atoms with Gasteiger partial charge in [0.1, 0.15) is 5.82 Å². The molecule has 0 aliphatic carbocycles. The first kappa shape index (κ1) is 19.2. The molecule has 1 aromatic carbocycles. The van der Waals surface area contributed by atoms with Gasteiger partial charge >= 0.3 is 0 Å². The number of thioether (sulfide) groups is 1. The molecule has 5 nitrogen and oxygen atoms in total. The average molecular weight is 363 g/mol. The smallest absolute Gasteiger partial charge is 0.287 e. The van der Waals surface area contributed by atoms with Gasteiger partial charge in [0.05, 0.1) is 11.4 Å². The van der Waals surface area contributed by atoms with Gasteiger partial charge in [-0.2, -0.15) is 0 Å². The van der Waals surface area contributed by atoms with Crippen LogP contribution in [-0.2, 0) is 4.79 Å². The Balaban J connectivity index is 2.07. The second kappa shape index (κ2) is 8.80. The standard InChI is InChI=1S/C18H22FN3O2S/c1-12(2)6-7-20-16(23)11-25-17-18(24)22(9-8-21-17)14-5-4-13(3)15(19)10-14/h4-5,8-10,12H,6-7,11H2,1-3H3,(H,20,23). The Labute approximate surface area is 150 Å². The predicted octanol–water partition coefficient (Wildman–Crippen LogP) is 2.93. The molecule has 134 valence electrons. The Morgan fingerprint density at radius 2 is 2.16 bits per heavy atom. The lowest BCUT2D eigenvalue weighted by atomic mass is 10.1. The number of halogens is 1. The Morgan fingerprint density at radius 3 is 2.84 bits per heavy atom. The number of amides is 1. The molecule has 0 aliphatic heterocycles. The number of nitrogens with zero attached hydrogens (tertiary/aromatic N) is 2. The maximum Gasteiger partial charge on any atom is 0.287 e. The summed E-state index contributed by atoms with van der Waals surface area (Å²) in [7, 11) is 0. The second-order valence-corrected chi connectivity index (χ2v) is 7.13. The van der Waals surface area contributed by atoms with Gasteiger partial charge in [-0.1, -0.05) is 31.7 Å². The summed E-state index contributed by atoms with van der Waals surface area (Å²) in [6.45, 7) is 6.45. The summed E-state index contributed by atoms with van der Waals surface area (Å²) in [6.07, 6.45) is 3.86. The van der Waals surface area contributed by atoms with E-state index in [4.69, 9.17) is 0 Å². The minimum atomic E-state index is -0.375. The molecule has 0 bridgehead atoms. The zero-order chi connectivity index (χ0) is 18.4. The molecule has 1 amide bonds. The number of hydrogen-bond acceptors (Lipinski definition) is 4. The fourth-order valence-electron chi connectivity index (χ4n) is 2.11. The first-order chi connectivity index (χ1) is 11.9. The van der Waals surface area contributed by atoms with E-state index >= 15 is 0 Å². The number of hydrogen-bond donors (Lipinski definition) is 1. The van der Waals surface area contributed by atoms with Crippen molar-refractivity contribution in [3.63, 3.8) is 0 Å². The molecule has 2 rings (SSSR count). The van der Waals surface area contributed by atoms with Crippen molar-refractivity contribution in [2.45, 2.75) is 32.2 Å². The fraction of sp³-hybridized carbons (Fsp3) is 0.389. The van der Waals surface area contributed by atoms with Crippen LogP contribution >= 0.6 is 11.8 Å². The number of nitrogens with one attached hydrogen (secondary N) is 1. The molecule has 1 heterocycles. The third-order valence-corrected chi connectivity index (χ3v) is 4.59. The third kappa shape index (κ3) is 5.42. The summed E-state index contributed by atoms with van der Waals surface area (Å²) in [6, 6.07) is 4.60. The Bertz CT molecular complexity index is 805. The van der Waals surface area contributed by atoms with E-state index < -0.39 is 0 Å². The Morgan fingerprint density at radius 1 is 1.40 bits per heavy atom. The number of benzene rings is 1. The summed E-state index contributed by atoms with van der Waals surface area (Å²) in [5.41, 5.74) is 0.572. The zero-order valence-electron chi connectivity index (χ0n) is 14.6. The molecule has 0 unspecified atom stereocenters. The van der Waals surface area contributed by atoms with Gasteiger partial charge in [0.25, 0.3) is 5.56 Å². The highest BCUT2D eigenvalue weighted by molar-refractivity contribution is 7.99. The highest BCUT2D eigenvalue weighted by atomic mass is 32.2. The minimum Gasteiger partial charge on any atom is -0.355 e. The van der Waals surface area contributed by atoms with E-state index in [-0.39, 0.29) is 28.1 Å². The number of rotatable bonds is 7. The van der Waals surface area contributed by atoms with Gasteiger partial charge in [0.2, 0.25) is 5.91 Å². The van der Waals surface area contributed by atoms with Gasteiger partial charge in [-0.3, -0.25) is 14.2 Å². The van der Waals surface area contributed by atoms with E-state index in [9.17, 15) is 14.0 Å². The van der Waals surface area contributed by atoms with Crippen LogP contribution in [0.1, 0.15) is 25.8 Å². The fourth-order valence-corrected chi connectivity index (χ4v) is 2.84. The van der Waals surface area contributed by atoms with Gasteiger partial charge in [-0.15, -0.1) is 0 Å². The highest BCUT2D eigenvalue weighted by Gasteiger charge is 2.11. The summed E-state index contributed by atoms with van der Waals surface area (Å²) in [4.78, 5) is 28.4. The molecule has 0 spiro atoms. The first-order valence-corrected chi connectivity index (χ1v) is 9.10. The largest absolute Gasteiger partial charge is 0.355 e. The molecular weight excluding hydrogens is 341 g/mol. The maximum atomic E-state index is 13.7. The molecule has 1 N–H and O–H groups in total. The predicted molar refractivity (Wildman–Crippen MR) is 97.7 cm³/mol. The third-order valence-electron chi connectivity index (χ3n) is 3.63. The number of aromatic nitrogens is 2. The molecule has 0 aliphatic rings. The molecular formula is C18H22FN3O2S. The van der Waals surface area contributed by atoms with Crippen LogP contribution in [0.5, 0.6) is 0 Å². The quantitative estimate of drug-likeness (QED) is 0.768. The van der Waals surface area contributed by atoms with Crippen molar-refractivity contribution in [1.82, 2.24) is 14.9 Å². The number of carbonyl (C=O) groups excluding carboxylic acids is 1. The molecule has 0 fully saturated rings. The van der Waals surface area contributed by atoms with Crippen LogP contribution in [0.3, 0.4) is 0 Å². The molecule has 0 radical (unpaired) electrons. The summed E-state index contributed by atoms with van der Waals surface area (Å²) >= 11 is 1.08. The molecule has 2 aromatic rings. The van der Waals surface area contributed by atoms with Crippen LogP contribution in [-0.4, -0.2) is 27.8 Å². The van der Waals surface area contributed by atoms with E-state index in [0.717, 1.165) is 18.2 Å². The van der Waals surface area contributed by atoms with Crippen LogP contribution in [0.15, 0.2) is 40.4 Å². The monoisotopic (exact) mass is 363 g/mol. The van der Waals surface area contributed by atoms with E-state index in [1.54, 1.807) is 19.1 Å². The number of aryl methyl sites for hydroxylation is 1. The number of carbonyl (C=O) groups is 1. The van der Waals surface area contributed by atoms with Gasteiger partial charge in [0.15, 0.2) is 5.03 Å². The summed E-state index contributed by atoms with van der Waals surface area (Å²) < 4.78 is 15.1. The van der Waals surface area contributed by atoms with Crippen LogP contribution in [0.4, 0.5) is 4.39 Å². The minimum absolute atomic E-state index is 0.118. The lowest BCUT2D eigenvalue weighted by Gasteiger charge is -2.09. The van der Waals surface area contributed by atoms with Crippen LogP contribution in [0.25, 0.3) is 5.69 Å². The SMILES string of the molecule is Cc1ccc(-n2ccnc(SCC(=O)NCCC(C)C)c2=O)cc1F. The molecule has 0 saturated heterocycles. The van der Waals surface area contributed by atoms with Gasteiger partial charge < -0.3 is 5.32 Å². The van der Waals surface area contributed by atoms with Gasteiger partial charge in [-0.05, 0) is 37.0 Å². The Kier molecular flexibility index (Phi) is 6.75. The van der Waals surface area contributed by atoms with Gasteiger partial charge in [-0.25, -0.2) is 9.37 Å². The lowest BCUT2D eigenvalue weighted by molar-refractivity contribution is -0.118. The van der Waals surface area contributed by atoms with Crippen molar-refractivity contribution < 1.29 is 9.18 Å². The van der Waals surface area contributed by atoms with Crippen molar-refractivity contribution in [2.24, 2.45) is 5.92 Å². The van der Waals surface area contributed by atoms with Crippen LogP contribution in [0, 0.1) is 18.7 Å². The molecule has 7 heteroatoms. The van der Waals surface area contributed by atoms with Crippen molar-refractivity contribution in [2.75, 3.05) is 12.3 Å². The zero-order valence-corrected chi connectivity index (χ0v) is 15.4. The molecule has 0 atom stereocenters. The van der Waals surface area contributed by atoms with Crippen molar-refractivity contribution in [3.8, 4) is 5.69 Å². The molecule has 0 saturated carbocycles.